The van der Waals surface area contributed by atoms with Gasteiger partial charge >= 0.3 is 11.9 Å². The molecule has 1 aromatic rings. The zero-order valence-electron chi connectivity index (χ0n) is 14.4. The summed E-state index contributed by atoms with van der Waals surface area (Å²) in [5, 5.41) is 50.0. The average molecular weight is 375 g/mol. The Kier molecular flexibility index (Phi) is 15.8. The van der Waals surface area contributed by atoms with Crippen LogP contribution in [0.4, 0.5) is 0 Å². The topological polar surface area (TPSA) is 176 Å². The van der Waals surface area contributed by atoms with Crippen molar-refractivity contribution in [2.45, 2.75) is 6.92 Å². The van der Waals surface area contributed by atoms with Gasteiger partial charge in [-0.05, 0) is 12.1 Å². The summed E-state index contributed by atoms with van der Waals surface area (Å²) in [6.45, 7) is 2.84. The van der Waals surface area contributed by atoms with Crippen LogP contribution in [0.5, 0.6) is 0 Å². The number of hydrogen-bond acceptors (Lipinski definition) is 7. The number of carboxylic acids is 3. The van der Waals surface area contributed by atoms with E-state index in [-0.39, 0.29) is 30.9 Å². The van der Waals surface area contributed by atoms with Crippen LogP contribution in [0.25, 0.3) is 0 Å². The van der Waals surface area contributed by atoms with E-state index in [1.54, 1.807) is 4.90 Å². The summed E-state index contributed by atoms with van der Waals surface area (Å²) < 4.78 is 0. The highest BCUT2D eigenvalue weighted by Crippen LogP contribution is 2.07. The van der Waals surface area contributed by atoms with Crippen molar-refractivity contribution in [1.82, 2.24) is 4.90 Å². The van der Waals surface area contributed by atoms with Gasteiger partial charge in [0.2, 0.25) is 0 Å². The van der Waals surface area contributed by atoms with E-state index in [1.165, 1.54) is 24.3 Å². The van der Waals surface area contributed by atoms with Gasteiger partial charge in [-0.1, -0.05) is 12.1 Å². The van der Waals surface area contributed by atoms with Gasteiger partial charge in [0, 0.05) is 26.6 Å². The normalized spacial score (nSPS) is 9.42. The number of nitrogens with zero attached hydrogens (tertiary/aromatic N) is 1. The highest BCUT2D eigenvalue weighted by molar-refractivity contribution is 6.01. The lowest BCUT2D eigenvalue weighted by molar-refractivity contribution is -0.134. The summed E-state index contributed by atoms with van der Waals surface area (Å²) in [7, 11) is 0. The molecule has 0 spiro atoms. The maximum absolute atomic E-state index is 10.5. The zero-order valence-corrected chi connectivity index (χ0v) is 14.4. The number of benzene rings is 1. The Bertz CT molecular complexity index is 497. The van der Waals surface area contributed by atoms with Crippen LogP contribution in [-0.2, 0) is 4.79 Å². The predicted molar refractivity (Wildman–Crippen MR) is 91.4 cm³/mol. The second-order valence-corrected chi connectivity index (χ2v) is 4.69. The molecule has 0 aliphatic heterocycles. The van der Waals surface area contributed by atoms with Crippen LogP contribution < -0.4 is 0 Å². The summed E-state index contributed by atoms with van der Waals surface area (Å²) in [5.41, 5.74) is -0.380. The van der Waals surface area contributed by atoms with Gasteiger partial charge in [0.15, 0.2) is 0 Å². The third-order valence-electron chi connectivity index (χ3n) is 2.64. The standard InChI is InChI=1S/C8H6O4.C6H15NO3.C2H4O2/c9-7(10)5-3-1-2-4-6(5)8(11)12;8-4-1-7(2-5-9)3-6-10;1-2(3)4/h1-4H,(H,9,10)(H,11,12);8-10H,1-6H2;1H3,(H,3,4). The van der Waals surface area contributed by atoms with E-state index in [4.69, 9.17) is 35.4 Å². The van der Waals surface area contributed by atoms with Crippen molar-refractivity contribution < 1.29 is 45.0 Å². The number of aliphatic hydroxyl groups excluding tert-OH is 3. The van der Waals surface area contributed by atoms with Crippen LogP contribution in [0.1, 0.15) is 27.6 Å². The Labute approximate surface area is 150 Å². The van der Waals surface area contributed by atoms with Crippen molar-refractivity contribution in [3.63, 3.8) is 0 Å². The summed E-state index contributed by atoms with van der Waals surface area (Å²) >= 11 is 0. The van der Waals surface area contributed by atoms with E-state index in [0.717, 1.165) is 6.92 Å². The number of hydrogen-bond donors (Lipinski definition) is 6. The molecule has 10 heteroatoms. The fourth-order valence-corrected chi connectivity index (χ4v) is 1.62. The van der Waals surface area contributed by atoms with Gasteiger partial charge in [0.1, 0.15) is 0 Å². The van der Waals surface area contributed by atoms with E-state index in [1.807, 2.05) is 0 Å². The maximum atomic E-state index is 10.5. The van der Waals surface area contributed by atoms with Crippen molar-refractivity contribution in [3.8, 4) is 0 Å². The lowest BCUT2D eigenvalue weighted by atomic mass is 10.1. The van der Waals surface area contributed by atoms with Crippen molar-refractivity contribution >= 4 is 17.9 Å². The lowest BCUT2D eigenvalue weighted by Gasteiger charge is -2.17. The van der Waals surface area contributed by atoms with Crippen molar-refractivity contribution in [2.75, 3.05) is 39.5 Å². The molecule has 0 bridgehead atoms. The van der Waals surface area contributed by atoms with Crippen LogP contribution in [0, 0.1) is 0 Å². The van der Waals surface area contributed by atoms with Gasteiger partial charge in [-0.25, -0.2) is 9.59 Å². The quantitative estimate of drug-likeness (QED) is 0.345. The van der Waals surface area contributed by atoms with Gasteiger partial charge < -0.3 is 30.6 Å². The van der Waals surface area contributed by atoms with E-state index < -0.39 is 17.9 Å². The van der Waals surface area contributed by atoms with Crippen LogP contribution in [-0.4, -0.2) is 92.9 Å². The minimum Gasteiger partial charge on any atom is -0.481 e. The Balaban J connectivity index is 0. The fraction of sp³-hybridized carbons (Fsp3) is 0.438. The van der Waals surface area contributed by atoms with Gasteiger partial charge in [-0.2, -0.15) is 0 Å². The molecule has 0 radical (unpaired) electrons. The smallest absolute Gasteiger partial charge is 0.336 e. The van der Waals surface area contributed by atoms with Crippen LogP contribution in [0.15, 0.2) is 24.3 Å². The molecule has 1 aromatic carbocycles. The van der Waals surface area contributed by atoms with Crippen LogP contribution in [0.2, 0.25) is 0 Å². The first kappa shape index (κ1) is 25.7. The number of carboxylic acid groups (broad SMARTS) is 3. The fourth-order valence-electron chi connectivity index (χ4n) is 1.62. The van der Waals surface area contributed by atoms with E-state index >= 15 is 0 Å². The van der Waals surface area contributed by atoms with Gasteiger partial charge in [0.25, 0.3) is 5.97 Å². The molecule has 0 heterocycles. The second kappa shape index (κ2) is 16.0. The molecule has 10 nitrogen and oxygen atoms in total. The monoisotopic (exact) mass is 375 g/mol. The SMILES string of the molecule is CC(=O)O.O=C(O)c1ccccc1C(=O)O.OCCN(CCO)CCO. The van der Waals surface area contributed by atoms with E-state index in [2.05, 4.69) is 0 Å². The molecule has 6 N–H and O–H groups in total. The Morgan fingerprint density at radius 2 is 1.04 bits per heavy atom. The molecule has 0 aliphatic rings. The molecule has 0 saturated heterocycles. The Morgan fingerprint density at radius 3 is 1.23 bits per heavy atom. The van der Waals surface area contributed by atoms with Gasteiger partial charge in [-0.3, -0.25) is 9.69 Å². The summed E-state index contributed by atoms with van der Waals surface area (Å²) in [6, 6.07) is 5.48. The van der Waals surface area contributed by atoms with Crippen molar-refractivity contribution in [1.29, 1.82) is 0 Å². The highest BCUT2D eigenvalue weighted by Gasteiger charge is 2.13. The molecule has 0 aromatic heterocycles. The highest BCUT2D eigenvalue weighted by atomic mass is 16.4. The molecule has 0 atom stereocenters. The van der Waals surface area contributed by atoms with E-state index in [9.17, 15) is 9.59 Å². The zero-order chi connectivity index (χ0) is 20.5. The summed E-state index contributed by atoms with van der Waals surface area (Å²) in [4.78, 5) is 31.7. The Hall–Kier alpha value is -2.53. The molecule has 0 fully saturated rings. The Morgan fingerprint density at radius 1 is 0.769 bits per heavy atom. The number of carbonyl (C=O) groups is 3. The van der Waals surface area contributed by atoms with Crippen molar-refractivity contribution in [2.24, 2.45) is 0 Å². The summed E-state index contributed by atoms with van der Waals surface area (Å²) in [6.07, 6.45) is 0. The lowest BCUT2D eigenvalue weighted by Crippen LogP contribution is -2.32. The van der Waals surface area contributed by atoms with Gasteiger partial charge in [0.05, 0.1) is 30.9 Å². The van der Waals surface area contributed by atoms with Gasteiger partial charge in [-0.15, -0.1) is 0 Å². The molecule has 0 aliphatic carbocycles. The minimum absolute atomic E-state index is 0.0694. The number of rotatable bonds is 8. The number of aliphatic hydroxyl groups is 3. The molecule has 148 valence electrons. The van der Waals surface area contributed by atoms with E-state index in [0.29, 0.717) is 19.6 Å². The second-order valence-electron chi connectivity index (χ2n) is 4.69. The number of aromatic carboxylic acids is 2. The minimum atomic E-state index is -1.23. The molecule has 1 rings (SSSR count). The third kappa shape index (κ3) is 13.9. The average Bonchev–Trinajstić information content (AvgIpc) is 2.55. The number of aliphatic carboxylic acids is 1. The first-order valence-electron chi connectivity index (χ1n) is 7.51. The molecular formula is C16H25NO9. The molecule has 26 heavy (non-hydrogen) atoms. The van der Waals surface area contributed by atoms with Crippen LogP contribution >= 0.6 is 0 Å². The maximum Gasteiger partial charge on any atom is 0.336 e. The molecular weight excluding hydrogens is 350 g/mol. The van der Waals surface area contributed by atoms with Crippen molar-refractivity contribution in [3.05, 3.63) is 35.4 Å². The largest absolute Gasteiger partial charge is 0.481 e. The molecule has 0 unspecified atom stereocenters. The molecule has 0 amide bonds. The summed E-state index contributed by atoms with van der Waals surface area (Å²) in [5.74, 6) is -3.29. The third-order valence-corrected chi connectivity index (χ3v) is 2.64. The molecule has 0 saturated carbocycles. The predicted octanol–water partition coefficient (Wildman–Crippen LogP) is -0.561. The first-order chi connectivity index (χ1) is 12.2. The first-order valence-corrected chi connectivity index (χ1v) is 7.51. The van der Waals surface area contributed by atoms with Crippen LogP contribution in [0.3, 0.4) is 0 Å².